The predicted molar refractivity (Wildman–Crippen MR) is 31.4 cm³/mol. The molecule has 18 valence electrons. The smallest absolute Gasteiger partial charge is 0.0375 e. The van der Waals surface area contributed by atoms with E-state index in [4.69, 9.17) is 1.34 Å². The zero-order valence-electron chi connectivity index (χ0n) is 4.28. The number of hydrogen-bond donors (Lipinski definition) is 0. The first-order valence-electron chi connectivity index (χ1n) is 2.27. The zero-order chi connectivity index (χ0) is 4.28. The molecule has 0 aromatic rings. The Labute approximate surface area is 32.0 Å². The molecule has 0 atom stereocenters. The average Bonchev–Trinajstić information content (AvgIpc) is 1.38. The molecule has 0 aliphatic heterocycles. The van der Waals surface area contributed by atoms with Gasteiger partial charge in [0.1, 0.15) is 0 Å². The maximum absolute atomic E-state index is 6.83. The molecular weight excluding hydrogens is 43.2 g/mol. The van der Waals surface area contributed by atoms with E-state index >= 15 is 0 Å². The summed E-state index contributed by atoms with van der Waals surface area (Å²) in [4.78, 5) is 0. The van der Waals surface area contributed by atoms with Crippen molar-refractivity contribution >= 4 is 29.6 Å². The third kappa shape index (κ3) is 2.26. The summed E-state index contributed by atoms with van der Waals surface area (Å²) < 4.78 is 6.83. The van der Waals surface area contributed by atoms with Crippen molar-refractivity contribution in [3.05, 3.63) is 0 Å². The van der Waals surface area contributed by atoms with Crippen LogP contribution in [0.3, 0.4) is 0 Å². The first-order chi connectivity index (χ1) is 2.27. The highest BCUT2D eigenvalue weighted by molar-refractivity contribution is 7.37. The van der Waals surface area contributed by atoms with Crippen molar-refractivity contribution in [2.75, 3.05) is 0 Å². The standard InChI is InChI=1S/B4H6/c1-3-4-2/h3-4H,1-2H2/i3T. The van der Waals surface area contributed by atoms with E-state index in [0.717, 1.165) is 7.06 Å². The minimum absolute atomic E-state index is 0.134. The maximum atomic E-state index is 6.83. The molecule has 0 unspecified atom stereocenters. The Morgan fingerprint density at radius 2 is 2.00 bits per heavy atom. The highest BCUT2D eigenvalue weighted by atomic mass is 12.4. The van der Waals surface area contributed by atoms with E-state index in [2.05, 4.69) is 0 Å². The zero-order valence-corrected chi connectivity index (χ0v) is 3.28. The van der Waals surface area contributed by atoms with Crippen molar-refractivity contribution in [3.8, 4) is 0 Å². The van der Waals surface area contributed by atoms with Crippen LogP contribution in [0, 0.1) is 0 Å². The van der Waals surface area contributed by atoms with Crippen LogP contribution < -0.4 is 0 Å². The quantitative estimate of drug-likeness (QED) is 0.276. The largest absolute Gasteiger partial charge is 0.0598 e. The van der Waals surface area contributed by atoms with Crippen LogP contribution in [0.5, 0.6) is 0 Å². The van der Waals surface area contributed by atoms with Gasteiger partial charge in [-0.05, 0) is 1.34 Å². The molecule has 0 aliphatic rings. The van der Waals surface area contributed by atoms with Crippen LogP contribution >= 0.6 is 0 Å². The van der Waals surface area contributed by atoms with Crippen molar-refractivity contribution in [1.29, 1.82) is 1.34 Å². The van der Waals surface area contributed by atoms with E-state index in [-0.39, 0.29) is 7.02 Å². The average molecular weight is 51.3 g/mol. The third-order valence-corrected chi connectivity index (χ3v) is 0.408. The lowest BCUT2D eigenvalue weighted by molar-refractivity contribution is 4.14. The van der Waals surface area contributed by atoms with Crippen LogP contribution in [0.4, 0.5) is 0 Å². The molecule has 4 heteroatoms. The number of hydrogen-bond acceptors (Lipinski definition) is 0. The fraction of sp³-hybridized carbons (Fsp3) is 0. The van der Waals surface area contributed by atoms with Gasteiger partial charge in [0, 0.05) is 14.1 Å². The van der Waals surface area contributed by atoms with Crippen LogP contribution in [-0.4, -0.2) is 30.9 Å². The second kappa shape index (κ2) is 3.26. The fourth-order valence-corrected chi connectivity index (χ4v) is 0. The normalized spacial score (nSPS) is 8.50. The Balaban J connectivity index is 2.54. The molecule has 0 saturated heterocycles. The summed E-state index contributed by atoms with van der Waals surface area (Å²) >= 11 is 0. The SMILES string of the molecule is [3H]B(B)BB. The van der Waals surface area contributed by atoms with E-state index in [9.17, 15) is 0 Å². The lowest BCUT2D eigenvalue weighted by Gasteiger charge is -1.57. The molecule has 0 aromatic heterocycles. The molecule has 0 aromatic carbocycles. The third-order valence-electron chi connectivity index (χ3n) is 0.408. The van der Waals surface area contributed by atoms with E-state index in [1.807, 2.05) is 15.5 Å². The summed E-state index contributed by atoms with van der Waals surface area (Å²) in [6.45, 7) is 0. The van der Waals surface area contributed by atoms with Gasteiger partial charge in [-0.25, -0.2) is 0 Å². The van der Waals surface area contributed by atoms with Crippen molar-refractivity contribution < 1.29 is 0 Å². The topological polar surface area (TPSA) is 0 Å². The van der Waals surface area contributed by atoms with Gasteiger partial charge in [0.2, 0.25) is 0 Å². The molecule has 0 amide bonds. The molecule has 0 aliphatic carbocycles. The summed E-state index contributed by atoms with van der Waals surface area (Å²) in [5.74, 6) is 0. The van der Waals surface area contributed by atoms with E-state index < -0.39 is 0 Å². The van der Waals surface area contributed by atoms with Gasteiger partial charge in [-0.3, -0.25) is 0 Å². The molecule has 4 heavy (non-hydrogen) atoms. The molecular formula is H6B4. The van der Waals surface area contributed by atoms with E-state index in [1.54, 1.807) is 0 Å². The van der Waals surface area contributed by atoms with Gasteiger partial charge in [0.05, 0.1) is 15.5 Å². The predicted octanol–water partition coefficient (Wildman–Crippen LogP) is -3.13. The highest BCUT2D eigenvalue weighted by Gasteiger charge is 1.67. The summed E-state index contributed by atoms with van der Waals surface area (Å²) in [5, 5.41) is 0. The first kappa shape index (κ1) is 2.49. The van der Waals surface area contributed by atoms with Gasteiger partial charge in [-0.15, -0.1) is 0 Å². The van der Waals surface area contributed by atoms with Crippen LogP contribution in [0.1, 0.15) is 0 Å². The first-order valence-corrected chi connectivity index (χ1v) is 1.69. The maximum Gasteiger partial charge on any atom is 0.0598 e. The molecule has 0 rings (SSSR count). The summed E-state index contributed by atoms with van der Waals surface area (Å²) in [7, 11) is 5.01. The Kier molecular flexibility index (Phi) is 2.03. The fourth-order valence-electron chi connectivity index (χ4n) is 0. The lowest BCUT2D eigenvalue weighted by atomic mass is 9.19. The second-order valence-corrected chi connectivity index (χ2v) is 0.816. The molecule has 0 radical (unpaired) electrons. The summed E-state index contributed by atoms with van der Waals surface area (Å²) in [6, 6.07) is 0. The van der Waals surface area contributed by atoms with Gasteiger partial charge < -0.3 is 0 Å². The Hall–Kier alpha value is 0.260. The molecule has 0 saturated carbocycles. The Morgan fingerprint density at radius 3 is 2.00 bits per heavy atom. The summed E-state index contributed by atoms with van der Waals surface area (Å²) in [6.07, 6.45) is 0. The Morgan fingerprint density at radius 1 is 1.75 bits per heavy atom. The molecule has 0 nitrogen and oxygen atoms in total. The van der Waals surface area contributed by atoms with Crippen LogP contribution in [0.15, 0.2) is 0 Å². The van der Waals surface area contributed by atoms with Crippen LogP contribution in [-0.2, 0) is 0 Å². The molecule has 0 N–H and O–H groups in total. The van der Waals surface area contributed by atoms with Crippen LogP contribution in [0.2, 0.25) is 0 Å². The lowest BCUT2D eigenvalue weighted by Crippen LogP contribution is -2.00. The van der Waals surface area contributed by atoms with Crippen molar-refractivity contribution in [2.45, 2.75) is 0 Å². The molecule has 0 bridgehead atoms. The summed E-state index contributed by atoms with van der Waals surface area (Å²) in [5.41, 5.74) is 0. The molecule has 0 fully saturated rings. The molecule has 0 spiro atoms. The van der Waals surface area contributed by atoms with Gasteiger partial charge in [-0.2, -0.15) is 0 Å². The number of rotatable bonds is 1. The van der Waals surface area contributed by atoms with E-state index in [0.29, 0.717) is 0 Å². The highest BCUT2D eigenvalue weighted by Crippen LogP contribution is 1.24. The van der Waals surface area contributed by atoms with Crippen LogP contribution in [0.25, 0.3) is 0 Å². The monoisotopic (exact) mass is 52.1 g/mol. The van der Waals surface area contributed by atoms with E-state index in [1.165, 1.54) is 0 Å². The van der Waals surface area contributed by atoms with Gasteiger partial charge >= 0.3 is 0 Å². The van der Waals surface area contributed by atoms with Gasteiger partial charge in [0.15, 0.2) is 0 Å². The minimum atomic E-state index is 0.134. The minimum Gasteiger partial charge on any atom is -0.0375 e. The van der Waals surface area contributed by atoms with Crippen molar-refractivity contribution in [2.24, 2.45) is 0 Å². The second-order valence-electron chi connectivity index (χ2n) is 0.816. The van der Waals surface area contributed by atoms with Gasteiger partial charge in [-0.1, -0.05) is 0 Å². The molecule has 0 heterocycles. The van der Waals surface area contributed by atoms with Gasteiger partial charge in [0.25, 0.3) is 0 Å². The van der Waals surface area contributed by atoms with Crippen molar-refractivity contribution in [1.82, 2.24) is 0 Å². The Bertz CT molecular complexity index is 17.6. The van der Waals surface area contributed by atoms with Crippen molar-refractivity contribution in [3.63, 3.8) is 0 Å².